The number of rotatable bonds is 3. The zero-order valence-electron chi connectivity index (χ0n) is 14.1. The second-order valence-electron chi connectivity index (χ2n) is 6.30. The number of hydrogen-bond donors (Lipinski definition) is 2. The fourth-order valence-corrected chi connectivity index (χ4v) is 3.94. The van der Waals surface area contributed by atoms with Gasteiger partial charge in [0, 0.05) is 27.5 Å². The molecule has 0 saturated heterocycles. The third-order valence-electron chi connectivity index (χ3n) is 4.61. The summed E-state index contributed by atoms with van der Waals surface area (Å²) in [5, 5.41) is 5.44. The number of allylic oxidation sites excluding steroid dienone is 3. The van der Waals surface area contributed by atoms with Gasteiger partial charge in [-0.1, -0.05) is 24.3 Å². The maximum Gasteiger partial charge on any atom is 0.140 e. The third-order valence-corrected chi connectivity index (χ3v) is 5.47. The van der Waals surface area contributed by atoms with Crippen LogP contribution in [0.25, 0.3) is 16.6 Å². The number of hydrazine groups is 1. The number of aromatic amines is 1. The van der Waals surface area contributed by atoms with Crippen LogP contribution < -0.4 is 5.43 Å². The molecular weight excluding hydrogens is 340 g/mol. The predicted molar refractivity (Wildman–Crippen MR) is 109 cm³/mol. The summed E-state index contributed by atoms with van der Waals surface area (Å²) in [6.45, 7) is 0.700. The van der Waals surface area contributed by atoms with Crippen LogP contribution in [0.1, 0.15) is 16.9 Å². The lowest BCUT2D eigenvalue weighted by atomic mass is 10.0. The Morgan fingerprint density at radius 3 is 3.04 bits per heavy atom. The molecule has 2 aliphatic heterocycles. The summed E-state index contributed by atoms with van der Waals surface area (Å²) in [7, 11) is 0. The van der Waals surface area contributed by atoms with Gasteiger partial charge in [0.2, 0.25) is 0 Å². The van der Waals surface area contributed by atoms with E-state index in [4.69, 9.17) is 4.99 Å². The van der Waals surface area contributed by atoms with E-state index in [1.807, 2.05) is 12.3 Å². The number of H-pyrrole nitrogens is 1. The van der Waals surface area contributed by atoms with Crippen molar-refractivity contribution >= 4 is 33.8 Å². The van der Waals surface area contributed by atoms with Crippen molar-refractivity contribution in [1.82, 2.24) is 15.4 Å². The number of aliphatic imine (C=N–C) groups is 1. The molecule has 0 saturated carbocycles. The molecule has 5 rings (SSSR count). The number of fused-ring (bicyclic) bond motifs is 2. The van der Waals surface area contributed by atoms with Gasteiger partial charge in [0.25, 0.3) is 0 Å². The van der Waals surface area contributed by atoms with E-state index in [1.54, 1.807) is 11.3 Å². The lowest BCUT2D eigenvalue weighted by Crippen LogP contribution is -2.42. The lowest BCUT2D eigenvalue weighted by Gasteiger charge is -2.34. The molecule has 0 unspecified atom stereocenters. The predicted octanol–water partition coefficient (Wildman–Crippen LogP) is 4.83. The topological polar surface area (TPSA) is 43.4 Å². The highest BCUT2D eigenvalue weighted by Crippen LogP contribution is 2.30. The van der Waals surface area contributed by atoms with Crippen LogP contribution in [0.5, 0.6) is 0 Å². The normalized spacial score (nSPS) is 17.8. The van der Waals surface area contributed by atoms with Gasteiger partial charge < -0.3 is 4.98 Å². The highest BCUT2D eigenvalue weighted by atomic mass is 32.1. The minimum Gasteiger partial charge on any atom is -0.361 e. The van der Waals surface area contributed by atoms with E-state index in [0.717, 1.165) is 23.5 Å². The van der Waals surface area contributed by atoms with Crippen molar-refractivity contribution in [3.05, 3.63) is 88.4 Å². The van der Waals surface area contributed by atoms with Gasteiger partial charge in [-0.3, -0.25) is 15.4 Å². The average molecular weight is 358 g/mol. The molecule has 0 bridgehead atoms. The molecule has 0 aliphatic carbocycles. The molecule has 26 heavy (non-hydrogen) atoms. The molecular formula is C21H18N4S. The molecule has 2 aliphatic rings. The molecule has 0 spiro atoms. The Morgan fingerprint density at radius 2 is 2.12 bits per heavy atom. The van der Waals surface area contributed by atoms with Crippen LogP contribution in [0, 0.1) is 0 Å². The molecule has 5 heteroatoms. The minimum atomic E-state index is 0.700. The van der Waals surface area contributed by atoms with E-state index in [1.165, 1.54) is 21.5 Å². The Bertz CT molecular complexity index is 1070. The first-order chi connectivity index (χ1) is 12.9. The Morgan fingerprint density at radius 1 is 1.12 bits per heavy atom. The van der Waals surface area contributed by atoms with Gasteiger partial charge in [0.15, 0.2) is 0 Å². The van der Waals surface area contributed by atoms with Crippen molar-refractivity contribution in [2.75, 3.05) is 0 Å². The lowest BCUT2D eigenvalue weighted by molar-refractivity contribution is 0.441. The zero-order chi connectivity index (χ0) is 17.3. The number of nitrogens with zero attached hydrogens (tertiary/aromatic N) is 2. The van der Waals surface area contributed by atoms with Crippen LogP contribution >= 0.6 is 11.3 Å². The SMILES string of the molecule is C1=CC(=NCc2cccs2)NN2C1=CCC=C2c1ccc2[nH]ccc2c1. The monoisotopic (exact) mass is 358 g/mol. The molecule has 3 aromatic rings. The van der Waals surface area contributed by atoms with Crippen molar-refractivity contribution in [3.63, 3.8) is 0 Å². The van der Waals surface area contributed by atoms with Gasteiger partial charge in [-0.2, -0.15) is 0 Å². The highest BCUT2D eigenvalue weighted by Gasteiger charge is 2.21. The second-order valence-corrected chi connectivity index (χ2v) is 7.33. The Balaban J connectivity index is 1.44. The van der Waals surface area contributed by atoms with Gasteiger partial charge in [-0.15, -0.1) is 11.3 Å². The van der Waals surface area contributed by atoms with Gasteiger partial charge in [0.1, 0.15) is 5.84 Å². The molecule has 0 atom stereocenters. The van der Waals surface area contributed by atoms with E-state index in [2.05, 4.69) is 75.4 Å². The summed E-state index contributed by atoms with van der Waals surface area (Å²) in [6.07, 6.45) is 11.6. The molecule has 128 valence electrons. The Labute approximate surface area is 155 Å². The van der Waals surface area contributed by atoms with Gasteiger partial charge in [-0.25, -0.2) is 0 Å². The Kier molecular flexibility index (Phi) is 3.72. The number of nitrogens with one attached hydrogen (secondary N) is 2. The number of benzene rings is 1. The molecule has 4 heterocycles. The summed E-state index contributed by atoms with van der Waals surface area (Å²) in [6, 6.07) is 12.8. The number of thiophene rings is 1. The van der Waals surface area contributed by atoms with Gasteiger partial charge >= 0.3 is 0 Å². The zero-order valence-corrected chi connectivity index (χ0v) is 15.0. The fraction of sp³-hybridized carbons (Fsp3) is 0.0952. The standard InChI is InChI=1S/C21H18N4S/c1-3-17-7-9-21(23-14-18-4-2-12-26-18)24-25(17)20(5-1)16-6-8-19-15(13-16)10-11-22-19/h2-13,22H,1,14H2,(H,23,24). The van der Waals surface area contributed by atoms with Crippen molar-refractivity contribution in [3.8, 4) is 0 Å². The highest BCUT2D eigenvalue weighted by molar-refractivity contribution is 7.09. The van der Waals surface area contributed by atoms with Crippen LogP contribution in [0.3, 0.4) is 0 Å². The maximum absolute atomic E-state index is 4.71. The summed E-state index contributed by atoms with van der Waals surface area (Å²) in [5.41, 5.74) is 8.14. The molecule has 4 nitrogen and oxygen atoms in total. The van der Waals surface area contributed by atoms with Crippen LogP contribution in [0.2, 0.25) is 0 Å². The van der Waals surface area contributed by atoms with E-state index >= 15 is 0 Å². The molecule has 1 aromatic carbocycles. The van der Waals surface area contributed by atoms with Crippen molar-refractivity contribution in [2.45, 2.75) is 13.0 Å². The van der Waals surface area contributed by atoms with E-state index in [-0.39, 0.29) is 0 Å². The van der Waals surface area contributed by atoms with Gasteiger partial charge in [0.05, 0.1) is 17.9 Å². The molecule has 0 radical (unpaired) electrons. The maximum atomic E-state index is 4.71. The largest absolute Gasteiger partial charge is 0.361 e. The smallest absolute Gasteiger partial charge is 0.140 e. The summed E-state index contributed by atoms with van der Waals surface area (Å²) < 4.78 is 0. The van der Waals surface area contributed by atoms with E-state index in [0.29, 0.717) is 6.54 Å². The van der Waals surface area contributed by atoms with Crippen LogP contribution in [0.15, 0.2) is 83.0 Å². The van der Waals surface area contributed by atoms with Crippen molar-refractivity contribution in [2.24, 2.45) is 4.99 Å². The van der Waals surface area contributed by atoms with Crippen molar-refractivity contribution < 1.29 is 0 Å². The second kappa shape index (κ2) is 6.35. The first-order valence-corrected chi connectivity index (χ1v) is 9.54. The fourth-order valence-electron chi connectivity index (χ4n) is 3.31. The quantitative estimate of drug-likeness (QED) is 0.704. The third kappa shape index (κ3) is 2.76. The first-order valence-electron chi connectivity index (χ1n) is 8.66. The average Bonchev–Trinajstić information content (AvgIpc) is 3.36. The summed E-state index contributed by atoms with van der Waals surface area (Å²) in [4.78, 5) is 9.23. The van der Waals surface area contributed by atoms with Crippen LogP contribution in [-0.4, -0.2) is 15.8 Å². The summed E-state index contributed by atoms with van der Waals surface area (Å²) >= 11 is 1.74. The number of aromatic nitrogens is 1. The van der Waals surface area contributed by atoms with Crippen LogP contribution in [0.4, 0.5) is 0 Å². The molecule has 2 aromatic heterocycles. The van der Waals surface area contributed by atoms with Crippen LogP contribution in [-0.2, 0) is 6.54 Å². The summed E-state index contributed by atoms with van der Waals surface area (Å²) in [5.74, 6) is 0.881. The molecule has 0 amide bonds. The first kappa shape index (κ1) is 15.2. The van der Waals surface area contributed by atoms with E-state index < -0.39 is 0 Å². The molecule has 2 N–H and O–H groups in total. The van der Waals surface area contributed by atoms with E-state index in [9.17, 15) is 0 Å². The number of hydrogen-bond acceptors (Lipinski definition) is 3. The number of amidine groups is 1. The van der Waals surface area contributed by atoms with Gasteiger partial charge in [-0.05, 0) is 48.2 Å². The minimum absolute atomic E-state index is 0.700. The molecule has 0 fully saturated rings. The Hall–Kier alpha value is -3.05. The van der Waals surface area contributed by atoms with Crippen molar-refractivity contribution in [1.29, 1.82) is 0 Å².